The van der Waals surface area contributed by atoms with E-state index in [9.17, 15) is 9.36 Å². The molecule has 0 bridgehead atoms. The zero-order valence-electron chi connectivity index (χ0n) is 11.7. The molecule has 0 radical (unpaired) electrons. The van der Waals surface area contributed by atoms with Gasteiger partial charge in [0.05, 0.1) is 13.2 Å². The van der Waals surface area contributed by atoms with Crippen molar-refractivity contribution in [2.45, 2.75) is 20.8 Å². The minimum Gasteiger partial charge on any atom is -0.422 e. The molecular formula is C14H17O5P. The molecule has 0 N–H and O–H groups in total. The molecule has 2 aromatic rings. The van der Waals surface area contributed by atoms with Crippen LogP contribution in [0.1, 0.15) is 19.4 Å². The largest absolute Gasteiger partial charge is 0.422 e. The second-order valence-electron chi connectivity index (χ2n) is 4.29. The van der Waals surface area contributed by atoms with Gasteiger partial charge in [0.25, 0.3) is 0 Å². The first-order valence-electron chi connectivity index (χ1n) is 6.44. The Morgan fingerprint density at radius 1 is 1.15 bits per heavy atom. The van der Waals surface area contributed by atoms with Gasteiger partial charge in [-0.3, -0.25) is 4.57 Å². The Morgan fingerprint density at radius 3 is 2.40 bits per heavy atom. The molecular weight excluding hydrogens is 279 g/mol. The topological polar surface area (TPSA) is 65.7 Å². The maximum absolute atomic E-state index is 12.6. The predicted octanol–water partition coefficient (Wildman–Crippen LogP) is 2.99. The summed E-state index contributed by atoms with van der Waals surface area (Å²) in [7, 11) is -3.63. The van der Waals surface area contributed by atoms with Crippen molar-refractivity contribution in [3.63, 3.8) is 0 Å². The summed E-state index contributed by atoms with van der Waals surface area (Å²) in [5.74, 6) is 0. The van der Waals surface area contributed by atoms with Crippen LogP contribution in [0.3, 0.4) is 0 Å². The zero-order chi connectivity index (χ0) is 14.8. The van der Waals surface area contributed by atoms with Crippen molar-refractivity contribution in [1.29, 1.82) is 0 Å². The van der Waals surface area contributed by atoms with Gasteiger partial charge in [0, 0.05) is 5.39 Å². The van der Waals surface area contributed by atoms with E-state index in [0.29, 0.717) is 11.0 Å². The van der Waals surface area contributed by atoms with E-state index < -0.39 is 13.2 Å². The number of hydrogen-bond acceptors (Lipinski definition) is 5. The van der Waals surface area contributed by atoms with Gasteiger partial charge in [0.2, 0.25) is 0 Å². The van der Waals surface area contributed by atoms with Gasteiger partial charge in [-0.05, 0) is 38.5 Å². The van der Waals surface area contributed by atoms with Crippen LogP contribution in [0.4, 0.5) is 0 Å². The molecule has 108 valence electrons. The molecule has 1 aromatic carbocycles. The average molecular weight is 296 g/mol. The fraction of sp³-hybridized carbons (Fsp3) is 0.357. The molecule has 0 aliphatic heterocycles. The molecule has 2 rings (SSSR count). The summed E-state index contributed by atoms with van der Waals surface area (Å²) in [6.07, 6.45) is 0. The van der Waals surface area contributed by atoms with E-state index >= 15 is 0 Å². The van der Waals surface area contributed by atoms with Crippen LogP contribution in [-0.2, 0) is 13.6 Å². The summed E-state index contributed by atoms with van der Waals surface area (Å²) in [6, 6.07) is 6.97. The maximum atomic E-state index is 12.6. The molecule has 1 aromatic heterocycles. The van der Waals surface area contributed by atoms with Crippen LogP contribution < -0.4 is 10.9 Å². The highest BCUT2D eigenvalue weighted by Gasteiger charge is 2.31. The zero-order valence-corrected chi connectivity index (χ0v) is 12.6. The SMILES string of the molecule is CCOP(=O)(OCC)c1cc2ccc(C)cc2oc1=O. The van der Waals surface area contributed by atoms with Gasteiger partial charge in [0.15, 0.2) is 5.30 Å². The second-order valence-corrected chi connectivity index (χ2v) is 6.29. The first kappa shape index (κ1) is 15.0. The lowest BCUT2D eigenvalue weighted by Crippen LogP contribution is -2.26. The minimum absolute atomic E-state index is 0.0578. The lowest BCUT2D eigenvalue weighted by atomic mass is 10.2. The Morgan fingerprint density at radius 2 is 1.80 bits per heavy atom. The number of rotatable bonds is 5. The van der Waals surface area contributed by atoms with Crippen LogP contribution in [0.2, 0.25) is 0 Å². The lowest BCUT2D eigenvalue weighted by Gasteiger charge is -2.16. The average Bonchev–Trinajstić information content (AvgIpc) is 2.38. The van der Waals surface area contributed by atoms with E-state index in [1.54, 1.807) is 26.0 Å². The predicted molar refractivity (Wildman–Crippen MR) is 77.7 cm³/mol. The van der Waals surface area contributed by atoms with Gasteiger partial charge in [-0.2, -0.15) is 0 Å². The van der Waals surface area contributed by atoms with E-state index in [1.807, 2.05) is 13.0 Å². The van der Waals surface area contributed by atoms with Crippen molar-refractivity contribution < 1.29 is 18.0 Å². The molecule has 0 atom stereocenters. The fourth-order valence-electron chi connectivity index (χ4n) is 1.91. The summed E-state index contributed by atoms with van der Waals surface area (Å²) < 4.78 is 28.2. The third-order valence-electron chi connectivity index (χ3n) is 2.77. The third-order valence-corrected chi connectivity index (χ3v) is 4.86. The first-order valence-corrected chi connectivity index (χ1v) is 7.98. The number of aryl methyl sites for hydroxylation is 1. The summed E-state index contributed by atoms with van der Waals surface area (Å²) in [5, 5.41) is 0.627. The van der Waals surface area contributed by atoms with Crippen LogP contribution in [-0.4, -0.2) is 13.2 Å². The molecule has 20 heavy (non-hydrogen) atoms. The van der Waals surface area contributed by atoms with E-state index in [-0.39, 0.29) is 18.5 Å². The lowest BCUT2D eigenvalue weighted by molar-refractivity contribution is 0.229. The van der Waals surface area contributed by atoms with E-state index in [1.165, 1.54) is 6.07 Å². The summed E-state index contributed by atoms with van der Waals surface area (Å²) in [6.45, 7) is 5.65. The van der Waals surface area contributed by atoms with Gasteiger partial charge in [-0.1, -0.05) is 12.1 Å². The number of benzene rings is 1. The molecule has 0 aliphatic carbocycles. The standard InChI is InChI=1S/C14H17O5P/c1-4-17-20(16,18-5-2)13-9-11-7-6-10(3)8-12(11)19-14(13)15/h6-9H,4-5H2,1-3H3. The monoisotopic (exact) mass is 296 g/mol. The second kappa shape index (κ2) is 5.92. The van der Waals surface area contributed by atoms with Gasteiger partial charge in [-0.25, -0.2) is 4.79 Å². The number of hydrogen-bond donors (Lipinski definition) is 0. The molecule has 0 aliphatic rings. The Hall–Kier alpha value is -1.42. The number of fused-ring (bicyclic) bond motifs is 1. The van der Waals surface area contributed by atoms with Gasteiger partial charge in [0.1, 0.15) is 5.58 Å². The molecule has 5 nitrogen and oxygen atoms in total. The van der Waals surface area contributed by atoms with E-state index in [2.05, 4.69) is 0 Å². The van der Waals surface area contributed by atoms with Crippen molar-refractivity contribution in [3.8, 4) is 0 Å². The van der Waals surface area contributed by atoms with Crippen LogP contribution in [0.15, 0.2) is 33.5 Å². The highest BCUT2D eigenvalue weighted by molar-refractivity contribution is 7.62. The van der Waals surface area contributed by atoms with E-state index in [4.69, 9.17) is 13.5 Å². The van der Waals surface area contributed by atoms with Crippen LogP contribution >= 0.6 is 7.60 Å². The smallest absolute Gasteiger partial charge is 0.368 e. The summed E-state index contributed by atoms with van der Waals surface area (Å²) >= 11 is 0. The summed E-state index contributed by atoms with van der Waals surface area (Å²) in [4.78, 5) is 12.0. The third kappa shape index (κ3) is 2.85. The molecule has 0 unspecified atom stereocenters. The highest BCUT2D eigenvalue weighted by atomic mass is 31.2. The van der Waals surface area contributed by atoms with Crippen LogP contribution in [0, 0.1) is 6.92 Å². The van der Waals surface area contributed by atoms with Crippen LogP contribution in [0.25, 0.3) is 11.0 Å². The normalized spacial score (nSPS) is 11.9. The van der Waals surface area contributed by atoms with Gasteiger partial charge in [-0.15, -0.1) is 0 Å². The molecule has 1 heterocycles. The van der Waals surface area contributed by atoms with Gasteiger partial charge >= 0.3 is 13.2 Å². The van der Waals surface area contributed by atoms with Crippen LogP contribution in [0.5, 0.6) is 0 Å². The van der Waals surface area contributed by atoms with Crippen molar-refractivity contribution in [1.82, 2.24) is 0 Å². The quantitative estimate of drug-likeness (QED) is 0.627. The first-order chi connectivity index (χ1) is 9.50. The van der Waals surface area contributed by atoms with Crippen molar-refractivity contribution >= 4 is 23.9 Å². The Balaban J connectivity index is 2.64. The Bertz CT molecular complexity index is 709. The molecule has 0 saturated heterocycles. The van der Waals surface area contributed by atoms with Gasteiger partial charge < -0.3 is 13.5 Å². The molecule has 0 fully saturated rings. The Labute approximate surface area is 117 Å². The maximum Gasteiger partial charge on any atom is 0.368 e. The minimum atomic E-state index is -3.63. The summed E-state index contributed by atoms with van der Waals surface area (Å²) in [5.41, 5.74) is 0.748. The van der Waals surface area contributed by atoms with Crippen molar-refractivity contribution in [2.24, 2.45) is 0 Å². The Kier molecular flexibility index (Phi) is 4.43. The fourth-order valence-corrected chi connectivity index (χ4v) is 3.51. The van der Waals surface area contributed by atoms with Crippen molar-refractivity contribution in [3.05, 3.63) is 40.2 Å². The molecule has 0 amide bonds. The van der Waals surface area contributed by atoms with Crippen molar-refractivity contribution in [2.75, 3.05) is 13.2 Å². The highest BCUT2D eigenvalue weighted by Crippen LogP contribution is 2.46. The van der Waals surface area contributed by atoms with E-state index in [0.717, 1.165) is 5.56 Å². The molecule has 0 saturated carbocycles. The molecule has 6 heteroatoms. The molecule has 0 spiro atoms.